The molecule has 0 spiro atoms. The topological polar surface area (TPSA) is 54.9 Å². The Bertz CT molecular complexity index is 810. The molecule has 0 atom stereocenters. The van der Waals surface area contributed by atoms with Crippen LogP contribution in [0.1, 0.15) is 24.0 Å². The fourth-order valence-corrected chi connectivity index (χ4v) is 3.84. The van der Waals surface area contributed by atoms with Crippen LogP contribution in [-0.2, 0) is 16.7 Å². The van der Waals surface area contributed by atoms with Gasteiger partial charge in [-0.05, 0) is 36.6 Å². The van der Waals surface area contributed by atoms with Crippen molar-refractivity contribution in [3.8, 4) is 5.75 Å². The van der Waals surface area contributed by atoms with Crippen LogP contribution < -0.4 is 15.4 Å². The van der Waals surface area contributed by atoms with Gasteiger partial charge in [-0.1, -0.05) is 41.9 Å². The van der Waals surface area contributed by atoms with E-state index < -0.39 is 0 Å². The second-order valence-electron chi connectivity index (χ2n) is 6.99. The van der Waals surface area contributed by atoms with Gasteiger partial charge in [0.05, 0.1) is 7.11 Å². The molecule has 1 aliphatic rings. The molecule has 0 bridgehead atoms. The van der Waals surface area contributed by atoms with Crippen molar-refractivity contribution in [3.63, 3.8) is 0 Å². The molecule has 5 nitrogen and oxygen atoms in total. The minimum atomic E-state index is -0.0226. The number of nitrogens with zero attached hydrogens (tertiary/aromatic N) is 1. The van der Waals surface area contributed by atoms with Gasteiger partial charge >= 0.3 is 0 Å². The van der Waals surface area contributed by atoms with Gasteiger partial charge in [0.25, 0.3) is 0 Å². The molecule has 0 aliphatic carbocycles. The van der Waals surface area contributed by atoms with Crippen LogP contribution in [0.5, 0.6) is 5.75 Å². The first kappa shape index (κ1) is 23.8. The summed E-state index contributed by atoms with van der Waals surface area (Å²) in [6, 6.07) is 16.1. The average molecular weight is 530 g/mol. The number of para-hydroxylation sites is 1. The Hall–Kier alpha value is -1.51. The number of guanidine groups is 1. The summed E-state index contributed by atoms with van der Waals surface area (Å²) in [7, 11) is 3.47. The fourth-order valence-electron chi connectivity index (χ4n) is 3.65. The van der Waals surface area contributed by atoms with Gasteiger partial charge in [-0.3, -0.25) is 4.99 Å². The number of aliphatic imine (C=N–C) groups is 1. The Morgan fingerprint density at radius 1 is 1.14 bits per heavy atom. The van der Waals surface area contributed by atoms with Crippen molar-refractivity contribution in [3.05, 3.63) is 64.7 Å². The lowest BCUT2D eigenvalue weighted by Crippen LogP contribution is -2.47. The molecule has 1 aliphatic heterocycles. The van der Waals surface area contributed by atoms with Gasteiger partial charge in [0, 0.05) is 49.4 Å². The summed E-state index contributed by atoms with van der Waals surface area (Å²) in [6.45, 7) is 2.90. The van der Waals surface area contributed by atoms with Crippen molar-refractivity contribution in [2.45, 2.75) is 24.8 Å². The predicted octanol–water partition coefficient (Wildman–Crippen LogP) is 4.38. The molecular weight excluding hydrogens is 501 g/mol. The van der Waals surface area contributed by atoms with Crippen LogP contribution in [-0.4, -0.2) is 39.9 Å². The van der Waals surface area contributed by atoms with E-state index in [4.69, 9.17) is 21.1 Å². The van der Waals surface area contributed by atoms with Crippen LogP contribution in [0.15, 0.2) is 53.5 Å². The molecule has 7 heteroatoms. The van der Waals surface area contributed by atoms with E-state index in [0.29, 0.717) is 6.54 Å². The van der Waals surface area contributed by atoms with Gasteiger partial charge in [0.15, 0.2) is 5.96 Å². The molecule has 0 radical (unpaired) electrons. The third-order valence-corrected chi connectivity index (χ3v) is 5.58. The summed E-state index contributed by atoms with van der Waals surface area (Å²) in [5.74, 6) is 1.63. The quantitative estimate of drug-likeness (QED) is 0.331. The van der Waals surface area contributed by atoms with E-state index >= 15 is 0 Å². The Balaban J connectivity index is 0.00000300. The van der Waals surface area contributed by atoms with Crippen LogP contribution >= 0.6 is 35.6 Å². The van der Waals surface area contributed by atoms with Crippen molar-refractivity contribution in [1.29, 1.82) is 0 Å². The summed E-state index contributed by atoms with van der Waals surface area (Å²) < 4.78 is 11.0. The number of methoxy groups -OCH3 is 1. The third-order valence-electron chi connectivity index (χ3n) is 5.34. The van der Waals surface area contributed by atoms with E-state index in [9.17, 15) is 0 Å². The SMILES string of the molecule is CN=C(NCc1ccccc1OC)NCC1(c2cccc(Cl)c2)CCOCC1.I. The number of rotatable bonds is 6. The normalized spacial score (nSPS) is 15.9. The van der Waals surface area contributed by atoms with E-state index in [1.54, 1.807) is 14.2 Å². The largest absolute Gasteiger partial charge is 0.496 e. The summed E-state index contributed by atoms with van der Waals surface area (Å²) in [6.07, 6.45) is 1.90. The Morgan fingerprint density at radius 3 is 2.59 bits per heavy atom. The molecule has 158 valence electrons. The van der Waals surface area contributed by atoms with Crippen molar-refractivity contribution in [2.24, 2.45) is 4.99 Å². The molecule has 1 fully saturated rings. The Kier molecular flexibility index (Phi) is 9.52. The minimum Gasteiger partial charge on any atom is -0.496 e. The number of ether oxygens (including phenoxy) is 2. The molecule has 2 aromatic carbocycles. The van der Waals surface area contributed by atoms with Crippen molar-refractivity contribution >= 4 is 41.5 Å². The third kappa shape index (κ3) is 6.23. The molecule has 29 heavy (non-hydrogen) atoms. The zero-order valence-corrected chi connectivity index (χ0v) is 20.0. The fraction of sp³-hybridized carbons (Fsp3) is 0.409. The smallest absolute Gasteiger partial charge is 0.191 e. The first-order valence-corrected chi connectivity index (χ1v) is 9.95. The maximum absolute atomic E-state index is 6.26. The molecule has 3 rings (SSSR count). The number of hydrogen-bond donors (Lipinski definition) is 2. The van der Waals surface area contributed by atoms with Crippen molar-refractivity contribution < 1.29 is 9.47 Å². The van der Waals surface area contributed by atoms with Crippen LogP contribution in [0.4, 0.5) is 0 Å². The number of benzene rings is 2. The summed E-state index contributed by atoms with van der Waals surface area (Å²) in [4.78, 5) is 4.38. The van der Waals surface area contributed by atoms with E-state index in [2.05, 4.69) is 27.8 Å². The van der Waals surface area contributed by atoms with Crippen LogP contribution in [0.25, 0.3) is 0 Å². The molecule has 0 saturated carbocycles. The summed E-state index contributed by atoms with van der Waals surface area (Å²) >= 11 is 6.26. The molecule has 0 unspecified atom stereocenters. The first-order valence-electron chi connectivity index (χ1n) is 9.57. The van der Waals surface area contributed by atoms with Gasteiger partial charge in [0.1, 0.15) is 5.75 Å². The number of nitrogens with one attached hydrogen (secondary N) is 2. The van der Waals surface area contributed by atoms with Crippen molar-refractivity contribution in [2.75, 3.05) is 33.9 Å². The Labute approximate surface area is 195 Å². The molecule has 1 saturated heterocycles. The molecular formula is C22H29ClIN3O2. The molecule has 2 aromatic rings. The lowest BCUT2D eigenvalue weighted by Gasteiger charge is -2.38. The highest BCUT2D eigenvalue weighted by Crippen LogP contribution is 2.35. The van der Waals surface area contributed by atoms with Gasteiger partial charge in [-0.2, -0.15) is 0 Å². The average Bonchev–Trinajstić information content (AvgIpc) is 2.75. The van der Waals surface area contributed by atoms with E-state index in [1.165, 1.54) is 5.56 Å². The van der Waals surface area contributed by atoms with E-state index in [0.717, 1.165) is 54.9 Å². The predicted molar refractivity (Wildman–Crippen MR) is 130 cm³/mol. The highest BCUT2D eigenvalue weighted by atomic mass is 127. The van der Waals surface area contributed by atoms with Crippen LogP contribution in [0.3, 0.4) is 0 Å². The summed E-state index contributed by atoms with van der Waals surface area (Å²) in [5, 5.41) is 7.65. The highest BCUT2D eigenvalue weighted by Gasteiger charge is 2.34. The number of halogens is 2. The zero-order chi connectivity index (χ0) is 19.8. The molecule has 2 N–H and O–H groups in total. The van der Waals surface area contributed by atoms with Gasteiger partial charge < -0.3 is 20.1 Å². The summed E-state index contributed by atoms with van der Waals surface area (Å²) in [5.41, 5.74) is 2.31. The monoisotopic (exact) mass is 529 g/mol. The van der Waals surface area contributed by atoms with E-state index in [-0.39, 0.29) is 29.4 Å². The Morgan fingerprint density at radius 2 is 1.90 bits per heavy atom. The standard InChI is InChI=1S/C22H28ClN3O2.HI/c1-24-21(25-15-17-6-3-4-9-20(17)27-2)26-16-22(10-12-28-13-11-22)18-7-5-8-19(23)14-18;/h3-9,14H,10-13,15-16H2,1-2H3,(H2,24,25,26);1H. The second-order valence-corrected chi connectivity index (χ2v) is 7.43. The van der Waals surface area contributed by atoms with Crippen LogP contribution in [0.2, 0.25) is 5.02 Å². The maximum atomic E-state index is 6.26. The lowest BCUT2D eigenvalue weighted by molar-refractivity contribution is 0.0514. The minimum absolute atomic E-state index is 0. The van der Waals surface area contributed by atoms with Gasteiger partial charge in [0.2, 0.25) is 0 Å². The molecule has 0 aromatic heterocycles. The van der Waals surface area contributed by atoms with Gasteiger partial charge in [-0.15, -0.1) is 24.0 Å². The maximum Gasteiger partial charge on any atom is 0.191 e. The zero-order valence-electron chi connectivity index (χ0n) is 16.9. The number of hydrogen-bond acceptors (Lipinski definition) is 3. The van der Waals surface area contributed by atoms with Crippen LogP contribution in [0, 0.1) is 0 Å². The molecule has 1 heterocycles. The van der Waals surface area contributed by atoms with E-state index in [1.807, 2.05) is 36.4 Å². The van der Waals surface area contributed by atoms with Crippen molar-refractivity contribution in [1.82, 2.24) is 10.6 Å². The van der Waals surface area contributed by atoms with Gasteiger partial charge in [-0.25, -0.2) is 0 Å². The first-order chi connectivity index (χ1) is 13.7. The second kappa shape index (κ2) is 11.6. The highest BCUT2D eigenvalue weighted by molar-refractivity contribution is 14.0. The lowest BCUT2D eigenvalue weighted by atomic mass is 9.74. The molecule has 0 amide bonds.